The molecule has 1 aliphatic rings. The van der Waals surface area contributed by atoms with E-state index >= 15 is 0 Å². The molecule has 19 heavy (non-hydrogen) atoms. The summed E-state index contributed by atoms with van der Waals surface area (Å²) in [6.45, 7) is 4.38. The van der Waals surface area contributed by atoms with E-state index in [0.717, 1.165) is 24.2 Å². The number of hydrogen-bond donors (Lipinski definition) is 2. The van der Waals surface area contributed by atoms with Gasteiger partial charge < -0.3 is 11.1 Å². The molecular formula is C14H24N4S. The molecule has 2 rings (SSSR count). The fourth-order valence-corrected chi connectivity index (χ4v) is 3.93. The van der Waals surface area contributed by atoms with Crippen LogP contribution in [0, 0.1) is 0 Å². The van der Waals surface area contributed by atoms with Gasteiger partial charge in [0, 0.05) is 16.9 Å². The highest BCUT2D eigenvalue weighted by Gasteiger charge is 2.28. The second kappa shape index (κ2) is 6.98. The van der Waals surface area contributed by atoms with Crippen LogP contribution in [0.25, 0.3) is 0 Å². The summed E-state index contributed by atoms with van der Waals surface area (Å²) in [5, 5.41) is 4.32. The molecule has 1 aliphatic carbocycles. The van der Waals surface area contributed by atoms with Gasteiger partial charge in [-0.1, -0.05) is 26.7 Å². The second-order valence-electron chi connectivity index (χ2n) is 5.01. The first kappa shape index (κ1) is 14.4. The molecule has 1 saturated carbocycles. The summed E-state index contributed by atoms with van der Waals surface area (Å²) in [7, 11) is 0. The molecule has 0 spiro atoms. The van der Waals surface area contributed by atoms with E-state index in [-0.39, 0.29) is 0 Å². The van der Waals surface area contributed by atoms with Crippen LogP contribution in [-0.2, 0) is 6.42 Å². The topological polar surface area (TPSA) is 63.8 Å². The summed E-state index contributed by atoms with van der Waals surface area (Å²) < 4.78 is 0. The zero-order valence-corrected chi connectivity index (χ0v) is 12.7. The minimum absolute atomic E-state index is 0.523. The zero-order chi connectivity index (χ0) is 13.7. The molecule has 1 fully saturated rings. The molecule has 2 unspecified atom stereocenters. The molecule has 1 aromatic rings. The van der Waals surface area contributed by atoms with Crippen molar-refractivity contribution in [2.45, 2.75) is 57.2 Å². The number of nitrogens with one attached hydrogen (secondary N) is 1. The minimum Gasteiger partial charge on any atom is -0.383 e. The Bertz CT molecular complexity index is 410. The molecule has 1 heterocycles. The van der Waals surface area contributed by atoms with Gasteiger partial charge in [0.15, 0.2) is 0 Å². The van der Waals surface area contributed by atoms with E-state index in [2.05, 4.69) is 40.9 Å². The van der Waals surface area contributed by atoms with E-state index in [9.17, 15) is 0 Å². The first-order valence-electron chi connectivity index (χ1n) is 7.23. The van der Waals surface area contributed by atoms with Gasteiger partial charge in [0.2, 0.25) is 0 Å². The third-order valence-electron chi connectivity index (χ3n) is 3.63. The molecular weight excluding hydrogens is 256 g/mol. The summed E-state index contributed by atoms with van der Waals surface area (Å²) in [5.74, 6) is 2.75. The van der Waals surface area contributed by atoms with E-state index in [1.54, 1.807) is 6.33 Å². The number of thioether (sulfide) groups is 1. The lowest BCUT2D eigenvalue weighted by Gasteiger charge is -2.22. The molecule has 0 aromatic carbocycles. The van der Waals surface area contributed by atoms with Crippen molar-refractivity contribution in [3.63, 3.8) is 0 Å². The monoisotopic (exact) mass is 280 g/mol. The highest BCUT2D eigenvalue weighted by Crippen LogP contribution is 2.32. The van der Waals surface area contributed by atoms with Crippen molar-refractivity contribution < 1.29 is 0 Å². The van der Waals surface area contributed by atoms with Crippen LogP contribution in [0.5, 0.6) is 0 Å². The van der Waals surface area contributed by atoms with Crippen LogP contribution in [0.4, 0.5) is 11.6 Å². The SMILES string of the molecule is CCCc1c(N)ncnc1NC1CCCC1SCC. The van der Waals surface area contributed by atoms with Crippen LogP contribution in [0.2, 0.25) is 0 Å². The van der Waals surface area contributed by atoms with Gasteiger partial charge in [-0.2, -0.15) is 11.8 Å². The zero-order valence-electron chi connectivity index (χ0n) is 11.9. The first-order chi connectivity index (χ1) is 9.26. The van der Waals surface area contributed by atoms with Crippen molar-refractivity contribution in [2.24, 2.45) is 0 Å². The third kappa shape index (κ3) is 3.53. The molecule has 0 saturated heterocycles. The Morgan fingerprint density at radius 2 is 2.21 bits per heavy atom. The van der Waals surface area contributed by atoms with E-state index in [1.807, 2.05) is 0 Å². The normalized spacial score (nSPS) is 22.6. The van der Waals surface area contributed by atoms with Gasteiger partial charge in [0.05, 0.1) is 0 Å². The maximum atomic E-state index is 5.98. The van der Waals surface area contributed by atoms with Crippen LogP contribution in [-0.4, -0.2) is 27.0 Å². The molecule has 106 valence electrons. The Kier molecular flexibility index (Phi) is 5.31. The van der Waals surface area contributed by atoms with E-state index in [1.165, 1.54) is 25.0 Å². The third-order valence-corrected chi connectivity index (χ3v) is 4.96. The Hall–Kier alpha value is -0.970. The van der Waals surface area contributed by atoms with Gasteiger partial charge in [0.1, 0.15) is 18.0 Å². The largest absolute Gasteiger partial charge is 0.383 e. The van der Waals surface area contributed by atoms with E-state index < -0.39 is 0 Å². The van der Waals surface area contributed by atoms with Gasteiger partial charge in [-0.25, -0.2) is 9.97 Å². The number of hydrogen-bond acceptors (Lipinski definition) is 5. The lowest BCUT2D eigenvalue weighted by atomic mass is 10.1. The van der Waals surface area contributed by atoms with Crippen molar-refractivity contribution >= 4 is 23.4 Å². The number of nitrogen functional groups attached to an aromatic ring is 1. The standard InChI is InChI=1S/C14H24N4S/c1-3-6-10-13(15)16-9-17-14(10)18-11-7-5-8-12(11)19-4-2/h9,11-12H,3-8H2,1-2H3,(H3,15,16,17,18). The average molecular weight is 280 g/mol. The number of anilines is 2. The molecule has 5 heteroatoms. The molecule has 1 aromatic heterocycles. The van der Waals surface area contributed by atoms with Crippen molar-refractivity contribution in [1.82, 2.24) is 9.97 Å². The van der Waals surface area contributed by atoms with Crippen LogP contribution in [0.1, 0.15) is 45.1 Å². The average Bonchev–Trinajstić information content (AvgIpc) is 2.82. The molecule has 0 aliphatic heterocycles. The minimum atomic E-state index is 0.523. The van der Waals surface area contributed by atoms with Crippen molar-refractivity contribution in [3.8, 4) is 0 Å². The smallest absolute Gasteiger partial charge is 0.134 e. The van der Waals surface area contributed by atoms with Gasteiger partial charge in [-0.05, 0) is 25.0 Å². The van der Waals surface area contributed by atoms with Crippen molar-refractivity contribution in [1.29, 1.82) is 0 Å². The van der Waals surface area contributed by atoms with Gasteiger partial charge in [-0.3, -0.25) is 0 Å². The fourth-order valence-electron chi connectivity index (χ4n) is 2.73. The van der Waals surface area contributed by atoms with Crippen LogP contribution in [0.15, 0.2) is 6.33 Å². The van der Waals surface area contributed by atoms with Crippen molar-refractivity contribution in [3.05, 3.63) is 11.9 Å². The summed E-state index contributed by atoms with van der Waals surface area (Å²) in [5.41, 5.74) is 7.06. The molecule has 0 radical (unpaired) electrons. The predicted molar refractivity (Wildman–Crippen MR) is 83.6 cm³/mol. The van der Waals surface area contributed by atoms with Gasteiger partial charge >= 0.3 is 0 Å². The summed E-state index contributed by atoms with van der Waals surface area (Å²) in [6, 6.07) is 0.523. The maximum absolute atomic E-state index is 5.98. The Balaban J connectivity index is 2.11. The van der Waals surface area contributed by atoms with Crippen LogP contribution in [0.3, 0.4) is 0 Å². The van der Waals surface area contributed by atoms with Gasteiger partial charge in [-0.15, -0.1) is 0 Å². The highest BCUT2D eigenvalue weighted by molar-refractivity contribution is 7.99. The molecule has 0 bridgehead atoms. The summed E-state index contributed by atoms with van der Waals surface area (Å²) in [4.78, 5) is 8.51. The van der Waals surface area contributed by atoms with Crippen LogP contribution >= 0.6 is 11.8 Å². The maximum Gasteiger partial charge on any atom is 0.134 e. The number of nitrogens with two attached hydrogens (primary N) is 1. The second-order valence-corrected chi connectivity index (χ2v) is 6.53. The summed E-state index contributed by atoms with van der Waals surface area (Å²) in [6.07, 6.45) is 7.40. The van der Waals surface area contributed by atoms with Crippen molar-refractivity contribution in [2.75, 3.05) is 16.8 Å². The number of aromatic nitrogens is 2. The van der Waals surface area contributed by atoms with E-state index in [4.69, 9.17) is 5.73 Å². The number of nitrogens with zero attached hydrogens (tertiary/aromatic N) is 2. The quantitative estimate of drug-likeness (QED) is 0.838. The lowest BCUT2D eigenvalue weighted by Crippen LogP contribution is -2.27. The lowest BCUT2D eigenvalue weighted by molar-refractivity contribution is 0.756. The molecule has 0 amide bonds. The first-order valence-corrected chi connectivity index (χ1v) is 8.28. The van der Waals surface area contributed by atoms with Crippen LogP contribution < -0.4 is 11.1 Å². The molecule has 2 atom stereocenters. The fraction of sp³-hybridized carbons (Fsp3) is 0.714. The Morgan fingerprint density at radius 3 is 2.95 bits per heavy atom. The molecule has 4 nitrogen and oxygen atoms in total. The van der Waals surface area contributed by atoms with Gasteiger partial charge in [0.25, 0.3) is 0 Å². The predicted octanol–water partition coefficient (Wildman–Crippen LogP) is 3.10. The Labute approximate surface area is 120 Å². The van der Waals surface area contributed by atoms with E-state index in [0.29, 0.717) is 17.1 Å². The molecule has 3 N–H and O–H groups in total. The number of rotatable bonds is 6. The summed E-state index contributed by atoms with van der Waals surface area (Å²) >= 11 is 2.05. The highest BCUT2D eigenvalue weighted by atomic mass is 32.2. The Morgan fingerprint density at radius 1 is 1.37 bits per heavy atom.